The highest BCUT2D eigenvalue weighted by atomic mass is 32.2. The van der Waals surface area contributed by atoms with Crippen LogP contribution in [0.25, 0.3) is 6.08 Å². The van der Waals surface area contributed by atoms with Gasteiger partial charge in [0, 0.05) is 17.8 Å². The van der Waals surface area contributed by atoms with Gasteiger partial charge in [0.25, 0.3) is 16.0 Å². The number of rotatable bonds is 3. The average Bonchev–Trinajstić information content (AvgIpc) is 2.86. The smallest absolute Gasteiger partial charge is 0.289 e. The molecule has 1 N–H and O–H groups in total. The Morgan fingerprint density at radius 3 is 2.45 bits per heavy atom. The van der Waals surface area contributed by atoms with E-state index in [9.17, 15) is 17.8 Å². The zero-order valence-corrected chi connectivity index (χ0v) is 19.7. The standard InChI is InChI=1S/C20H26N2O4S3/c1-19(2,3)21-11-7-9-14-13(8-6-10-15(14)21)12-16-17(23)22(18(27)28-16)20(4,5)29(24,25)26/h6,8,10,12H,7,9,11H2,1-5H3,(H,24,25,26). The lowest BCUT2D eigenvalue weighted by atomic mass is 9.92. The van der Waals surface area contributed by atoms with E-state index in [4.69, 9.17) is 12.2 Å². The summed E-state index contributed by atoms with van der Waals surface area (Å²) in [5.41, 5.74) is 3.25. The van der Waals surface area contributed by atoms with E-state index in [0.717, 1.165) is 47.3 Å². The Labute approximate surface area is 182 Å². The number of carbonyl (C=O) groups is 1. The van der Waals surface area contributed by atoms with Crippen molar-refractivity contribution in [3.8, 4) is 0 Å². The highest BCUT2D eigenvalue weighted by Gasteiger charge is 2.49. The fourth-order valence-corrected chi connectivity index (χ4v) is 5.73. The second-order valence-electron chi connectivity index (χ2n) is 8.71. The third-order valence-corrected chi connectivity index (χ3v) is 8.09. The van der Waals surface area contributed by atoms with Crippen molar-refractivity contribution in [2.24, 2.45) is 0 Å². The van der Waals surface area contributed by atoms with E-state index >= 15 is 0 Å². The Kier molecular flexibility index (Phi) is 5.66. The molecule has 1 aromatic carbocycles. The molecule has 6 nitrogen and oxygen atoms in total. The molecule has 9 heteroatoms. The lowest BCUT2D eigenvalue weighted by Crippen LogP contribution is -2.51. The lowest BCUT2D eigenvalue weighted by Gasteiger charge is -2.42. The van der Waals surface area contributed by atoms with Gasteiger partial charge in [-0.15, -0.1) is 0 Å². The number of amides is 1. The highest BCUT2D eigenvalue weighted by molar-refractivity contribution is 8.26. The molecule has 1 aromatic rings. The predicted molar refractivity (Wildman–Crippen MR) is 123 cm³/mol. The maximum atomic E-state index is 13.0. The van der Waals surface area contributed by atoms with Gasteiger partial charge < -0.3 is 4.90 Å². The van der Waals surface area contributed by atoms with Crippen molar-refractivity contribution in [2.75, 3.05) is 11.4 Å². The number of carbonyl (C=O) groups excluding carboxylic acids is 1. The molecule has 0 aliphatic carbocycles. The topological polar surface area (TPSA) is 77.9 Å². The Bertz CT molecular complexity index is 1010. The van der Waals surface area contributed by atoms with Crippen molar-refractivity contribution < 1.29 is 17.8 Å². The van der Waals surface area contributed by atoms with Gasteiger partial charge in [-0.1, -0.05) is 36.1 Å². The molecule has 0 bridgehead atoms. The van der Waals surface area contributed by atoms with Gasteiger partial charge >= 0.3 is 0 Å². The van der Waals surface area contributed by atoms with Gasteiger partial charge in [0.2, 0.25) is 0 Å². The molecule has 0 atom stereocenters. The predicted octanol–water partition coefficient (Wildman–Crippen LogP) is 4.06. The van der Waals surface area contributed by atoms with Crippen LogP contribution in [0.15, 0.2) is 23.1 Å². The second-order valence-corrected chi connectivity index (χ2v) is 12.3. The molecule has 1 saturated heterocycles. The fraction of sp³-hybridized carbons (Fsp3) is 0.500. The molecule has 158 valence electrons. The van der Waals surface area contributed by atoms with Gasteiger partial charge in [-0.2, -0.15) is 8.42 Å². The zero-order chi connectivity index (χ0) is 21.8. The van der Waals surface area contributed by atoms with Crippen LogP contribution in [0.2, 0.25) is 0 Å². The average molecular weight is 455 g/mol. The van der Waals surface area contributed by atoms with Crippen molar-refractivity contribution in [1.82, 2.24) is 4.90 Å². The molecule has 0 unspecified atom stereocenters. The van der Waals surface area contributed by atoms with Gasteiger partial charge in [0.1, 0.15) is 4.32 Å². The fourth-order valence-electron chi connectivity index (χ4n) is 3.67. The number of benzene rings is 1. The van der Waals surface area contributed by atoms with Crippen molar-refractivity contribution in [1.29, 1.82) is 0 Å². The van der Waals surface area contributed by atoms with Crippen molar-refractivity contribution in [2.45, 2.75) is 57.9 Å². The second kappa shape index (κ2) is 7.37. The van der Waals surface area contributed by atoms with Crippen LogP contribution in [0, 0.1) is 0 Å². The first-order valence-electron chi connectivity index (χ1n) is 9.40. The third-order valence-electron chi connectivity index (χ3n) is 5.35. The SMILES string of the molecule is CC(C)(C)N1CCCc2c(C=C3SC(=S)N(C(C)(C)S(=O)(=O)O)C3=O)cccc21. The molecule has 2 aliphatic heterocycles. The Morgan fingerprint density at radius 1 is 1.21 bits per heavy atom. The number of thiocarbonyl (C=S) groups is 1. The summed E-state index contributed by atoms with van der Waals surface area (Å²) in [6, 6.07) is 6.03. The minimum absolute atomic E-state index is 0.0171. The highest BCUT2D eigenvalue weighted by Crippen LogP contribution is 2.41. The quantitative estimate of drug-likeness (QED) is 0.419. The van der Waals surface area contributed by atoms with Crippen LogP contribution in [0.3, 0.4) is 0 Å². The molecule has 0 radical (unpaired) electrons. The van der Waals surface area contributed by atoms with Crippen molar-refractivity contribution in [3.05, 3.63) is 34.2 Å². The van der Waals surface area contributed by atoms with E-state index in [1.807, 2.05) is 12.1 Å². The Balaban J connectivity index is 2.03. The van der Waals surface area contributed by atoms with E-state index in [1.54, 1.807) is 6.08 Å². The first kappa shape index (κ1) is 22.3. The number of anilines is 1. The Morgan fingerprint density at radius 2 is 1.86 bits per heavy atom. The number of hydrogen-bond donors (Lipinski definition) is 1. The monoisotopic (exact) mass is 454 g/mol. The van der Waals surface area contributed by atoms with E-state index < -0.39 is 20.9 Å². The molecule has 29 heavy (non-hydrogen) atoms. The molecule has 0 aromatic heterocycles. The van der Waals surface area contributed by atoms with Gasteiger partial charge in [0.15, 0.2) is 4.87 Å². The normalized spacial score (nSPS) is 19.9. The minimum atomic E-state index is -4.52. The maximum absolute atomic E-state index is 13.0. The molecular formula is C20H26N2O4S3. The number of nitrogens with zero attached hydrogens (tertiary/aromatic N) is 2. The maximum Gasteiger partial charge on any atom is 0.289 e. The van der Waals surface area contributed by atoms with Gasteiger partial charge in [0.05, 0.1) is 4.91 Å². The van der Waals surface area contributed by atoms with E-state index in [2.05, 4.69) is 31.7 Å². The van der Waals surface area contributed by atoms with Crippen LogP contribution in [-0.2, 0) is 21.3 Å². The van der Waals surface area contributed by atoms with E-state index in [1.165, 1.54) is 19.4 Å². The zero-order valence-electron chi connectivity index (χ0n) is 17.2. The first-order chi connectivity index (χ1) is 13.2. The summed E-state index contributed by atoms with van der Waals surface area (Å²) >= 11 is 6.32. The summed E-state index contributed by atoms with van der Waals surface area (Å²) in [5.74, 6) is -0.510. The third kappa shape index (κ3) is 3.97. The van der Waals surface area contributed by atoms with Crippen LogP contribution in [-0.4, -0.2) is 45.1 Å². The van der Waals surface area contributed by atoms with Crippen LogP contribution < -0.4 is 4.90 Å². The molecule has 3 rings (SSSR count). The molecule has 0 spiro atoms. The van der Waals surface area contributed by atoms with Crippen LogP contribution in [0.4, 0.5) is 5.69 Å². The molecule has 2 aliphatic rings. The largest absolute Gasteiger partial charge is 0.366 e. The molecular weight excluding hydrogens is 428 g/mol. The van der Waals surface area contributed by atoms with Gasteiger partial charge in [-0.25, -0.2) is 0 Å². The molecule has 0 saturated carbocycles. The summed E-state index contributed by atoms with van der Waals surface area (Å²) < 4.78 is 33.3. The van der Waals surface area contributed by atoms with Crippen LogP contribution >= 0.6 is 24.0 Å². The first-order valence-corrected chi connectivity index (χ1v) is 12.1. The summed E-state index contributed by atoms with van der Waals surface area (Å²) in [6.45, 7) is 10.0. The number of thioether (sulfide) groups is 1. The van der Waals surface area contributed by atoms with E-state index in [-0.39, 0.29) is 9.86 Å². The Hall–Kier alpha value is -1.42. The molecule has 2 heterocycles. The molecule has 1 fully saturated rings. The van der Waals surface area contributed by atoms with Crippen molar-refractivity contribution >= 4 is 56.1 Å². The number of fused-ring (bicyclic) bond motifs is 1. The summed E-state index contributed by atoms with van der Waals surface area (Å²) in [4.78, 5) is 14.8. The van der Waals surface area contributed by atoms with Gasteiger partial charge in [-0.3, -0.25) is 14.2 Å². The summed E-state index contributed by atoms with van der Waals surface area (Å²) in [5, 5.41) is 0. The summed E-state index contributed by atoms with van der Waals surface area (Å²) in [7, 11) is -4.52. The molecule has 1 amide bonds. The van der Waals surface area contributed by atoms with Crippen LogP contribution in [0.5, 0.6) is 0 Å². The van der Waals surface area contributed by atoms with Crippen molar-refractivity contribution in [3.63, 3.8) is 0 Å². The van der Waals surface area contributed by atoms with Gasteiger partial charge in [-0.05, 0) is 70.7 Å². The number of hydrogen-bond acceptors (Lipinski definition) is 6. The lowest BCUT2D eigenvalue weighted by molar-refractivity contribution is -0.124. The summed E-state index contributed by atoms with van der Waals surface area (Å²) in [6.07, 6.45) is 3.71. The van der Waals surface area contributed by atoms with E-state index in [0.29, 0.717) is 4.91 Å². The minimum Gasteiger partial charge on any atom is -0.366 e. The van der Waals surface area contributed by atoms with Crippen LogP contribution in [0.1, 0.15) is 52.2 Å².